The van der Waals surface area contributed by atoms with Gasteiger partial charge in [-0.25, -0.2) is 4.79 Å². The molecule has 10 nitrogen and oxygen atoms in total. The van der Waals surface area contributed by atoms with E-state index in [0.29, 0.717) is 0 Å². The summed E-state index contributed by atoms with van der Waals surface area (Å²) in [6.07, 6.45) is -9.64. The van der Waals surface area contributed by atoms with Gasteiger partial charge in [-0.3, -0.25) is 18.5 Å². The number of nitrogens with zero attached hydrogens (tertiary/aromatic N) is 4. The molecule has 0 unspecified atom stereocenters. The lowest BCUT2D eigenvalue weighted by molar-refractivity contribution is -0.274. The Morgan fingerprint density at radius 1 is 0.927 bits per heavy atom. The molecule has 0 amide bonds. The smallest absolute Gasteiger partial charge is 0.425 e. The number of aliphatic hydroxyl groups excluding tert-OH is 1. The monoisotopic (exact) mass is 588 g/mol. The molecule has 0 spiro atoms. The second-order valence-electron chi connectivity index (χ2n) is 8.61. The third-order valence-corrected chi connectivity index (χ3v) is 5.74. The van der Waals surface area contributed by atoms with E-state index in [1.165, 1.54) is 31.3 Å². The third-order valence-electron chi connectivity index (χ3n) is 5.74. The van der Waals surface area contributed by atoms with E-state index in [1.54, 1.807) is 0 Å². The molecule has 16 heteroatoms. The second-order valence-corrected chi connectivity index (χ2v) is 8.61. The average Bonchev–Trinajstić information content (AvgIpc) is 3.23. The zero-order valence-corrected chi connectivity index (χ0v) is 21.2. The van der Waals surface area contributed by atoms with E-state index in [4.69, 9.17) is 14.6 Å². The molecular formula is C25H22F6N4O6. The van der Waals surface area contributed by atoms with E-state index in [2.05, 4.69) is 9.72 Å². The number of hydrogen-bond donors (Lipinski definition) is 1. The summed E-state index contributed by atoms with van der Waals surface area (Å²) in [4.78, 5) is 30.6. The van der Waals surface area contributed by atoms with Gasteiger partial charge in [-0.15, -0.1) is 13.2 Å². The number of rotatable bonds is 10. The summed E-state index contributed by atoms with van der Waals surface area (Å²) >= 11 is 0. The molecule has 4 aromatic rings. The summed E-state index contributed by atoms with van der Waals surface area (Å²) in [5, 5.41) is 8.88. The van der Waals surface area contributed by atoms with Crippen molar-refractivity contribution in [3.8, 4) is 17.5 Å². The molecule has 2 aromatic heterocycles. The van der Waals surface area contributed by atoms with Gasteiger partial charge >= 0.3 is 24.2 Å². The van der Waals surface area contributed by atoms with Gasteiger partial charge in [0.2, 0.25) is 0 Å². The molecule has 0 aliphatic rings. The Balaban J connectivity index is 1.86. The number of halogens is 6. The Hall–Kier alpha value is -4.31. The van der Waals surface area contributed by atoms with Gasteiger partial charge in [-0.2, -0.15) is 18.2 Å². The minimum absolute atomic E-state index is 0.0418. The van der Waals surface area contributed by atoms with E-state index < -0.39 is 35.1 Å². The Bertz CT molecular complexity index is 1660. The van der Waals surface area contributed by atoms with Crippen LogP contribution in [-0.4, -0.2) is 50.0 Å². The lowest BCUT2D eigenvalue weighted by Gasteiger charge is -2.13. The van der Waals surface area contributed by atoms with Crippen molar-refractivity contribution in [3.63, 3.8) is 0 Å². The van der Waals surface area contributed by atoms with Crippen molar-refractivity contribution in [2.75, 3.05) is 19.8 Å². The molecule has 0 radical (unpaired) electrons. The first-order chi connectivity index (χ1) is 19.3. The topological polar surface area (TPSA) is 110 Å². The Kier molecular flexibility index (Phi) is 8.44. The lowest BCUT2D eigenvalue weighted by atomic mass is 10.1. The first-order valence-electron chi connectivity index (χ1n) is 11.9. The quantitative estimate of drug-likeness (QED) is 0.223. The van der Waals surface area contributed by atoms with Crippen LogP contribution in [0, 0.1) is 0 Å². The van der Waals surface area contributed by atoms with Crippen molar-refractivity contribution in [1.29, 1.82) is 0 Å². The van der Waals surface area contributed by atoms with Crippen LogP contribution >= 0.6 is 0 Å². The molecule has 0 saturated carbocycles. The number of hydrogen-bond acceptors (Lipinski definition) is 7. The molecule has 220 valence electrons. The number of aromatic nitrogens is 4. The van der Waals surface area contributed by atoms with Gasteiger partial charge in [0.25, 0.3) is 5.56 Å². The zero-order chi connectivity index (χ0) is 29.9. The highest BCUT2D eigenvalue weighted by Gasteiger charge is 2.32. The van der Waals surface area contributed by atoms with Crippen LogP contribution in [0.3, 0.4) is 0 Å². The van der Waals surface area contributed by atoms with Gasteiger partial charge in [-0.1, -0.05) is 18.2 Å². The molecule has 0 aliphatic carbocycles. The maximum absolute atomic E-state index is 13.5. The standard InChI is InChI=1S/C25H22F6N4O6/c1-33-20-19(21(37)34(23(33)38)8-10-39-11-9-36)35(14-15-4-2-5-16(12-15)24(26,27)28)22(32-20)40-17-6-3-7-18(13-17)41-25(29,30)31/h2-7,12-13,36H,8-11,14H2,1H3. The summed E-state index contributed by atoms with van der Waals surface area (Å²) in [5.74, 6) is -0.816. The summed E-state index contributed by atoms with van der Waals surface area (Å²) in [6.45, 7) is -1.05. The minimum atomic E-state index is -4.99. The molecule has 41 heavy (non-hydrogen) atoms. The Morgan fingerprint density at radius 2 is 1.63 bits per heavy atom. The van der Waals surface area contributed by atoms with E-state index in [-0.39, 0.29) is 61.4 Å². The van der Waals surface area contributed by atoms with Crippen LogP contribution in [0.1, 0.15) is 11.1 Å². The number of ether oxygens (including phenoxy) is 3. The van der Waals surface area contributed by atoms with E-state index in [0.717, 1.165) is 38.0 Å². The molecule has 2 heterocycles. The third kappa shape index (κ3) is 6.89. The SMILES string of the molecule is Cn1c(=O)n(CCOCCO)c(=O)c2c1nc(Oc1cccc(OC(F)(F)F)c1)n2Cc1cccc(C(F)(F)F)c1. The molecule has 0 saturated heterocycles. The molecule has 0 fully saturated rings. The van der Waals surface area contributed by atoms with Gasteiger partial charge in [0.15, 0.2) is 11.2 Å². The second kappa shape index (κ2) is 11.7. The predicted octanol–water partition coefficient (Wildman–Crippen LogP) is 3.66. The maximum atomic E-state index is 13.5. The highest BCUT2D eigenvalue weighted by Crippen LogP contribution is 2.32. The molecule has 2 aromatic carbocycles. The van der Waals surface area contributed by atoms with Crippen molar-refractivity contribution in [3.05, 3.63) is 80.5 Å². The highest BCUT2D eigenvalue weighted by atomic mass is 19.4. The van der Waals surface area contributed by atoms with Crippen molar-refractivity contribution < 1.29 is 45.7 Å². The fourth-order valence-electron chi connectivity index (χ4n) is 3.96. The fourth-order valence-corrected chi connectivity index (χ4v) is 3.96. The van der Waals surface area contributed by atoms with E-state index >= 15 is 0 Å². The van der Waals surface area contributed by atoms with E-state index in [1.807, 2.05) is 0 Å². The van der Waals surface area contributed by atoms with Crippen LogP contribution in [0.25, 0.3) is 11.2 Å². The van der Waals surface area contributed by atoms with Crippen LogP contribution in [-0.2, 0) is 31.1 Å². The highest BCUT2D eigenvalue weighted by molar-refractivity contribution is 5.72. The zero-order valence-electron chi connectivity index (χ0n) is 21.2. The maximum Gasteiger partial charge on any atom is 0.573 e. The number of benzene rings is 2. The Labute approximate surface area is 226 Å². The molecule has 4 rings (SSSR count). The summed E-state index contributed by atoms with van der Waals surface area (Å²) in [6, 6.07) is 8.26. The lowest BCUT2D eigenvalue weighted by Crippen LogP contribution is -2.40. The van der Waals surface area contributed by atoms with Gasteiger partial charge in [0.1, 0.15) is 11.5 Å². The predicted molar refractivity (Wildman–Crippen MR) is 131 cm³/mol. The molecule has 0 aliphatic heterocycles. The van der Waals surface area contributed by atoms with Crippen molar-refractivity contribution >= 4 is 11.2 Å². The van der Waals surface area contributed by atoms with Crippen LogP contribution in [0.2, 0.25) is 0 Å². The van der Waals surface area contributed by atoms with Gasteiger partial charge < -0.3 is 19.3 Å². The molecular weight excluding hydrogens is 566 g/mol. The number of alkyl halides is 6. The van der Waals surface area contributed by atoms with Crippen LogP contribution in [0.15, 0.2) is 58.1 Å². The first-order valence-corrected chi connectivity index (χ1v) is 11.9. The van der Waals surface area contributed by atoms with Gasteiger partial charge in [-0.05, 0) is 29.8 Å². The van der Waals surface area contributed by atoms with Crippen molar-refractivity contribution in [1.82, 2.24) is 18.7 Å². The summed E-state index contributed by atoms with van der Waals surface area (Å²) in [7, 11) is 1.30. The molecule has 0 atom stereocenters. The molecule has 0 bridgehead atoms. The summed E-state index contributed by atoms with van der Waals surface area (Å²) < 4.78 is 95.9. The number of aryl methyl sites for hydroxylation is 1. The van der Waals surface area contributed by atoms with Crippen molar-refractivity contribution in [2.45, 2.75) is 25.6 Å². The minimum Gasteiger partial charge on any atom is -0.425 e. The normalized spacial score (nSPS) is 12.2. The van der Waals surface area contributed by atoms with Gasteiger partial charge in [0, 0.05) is 13.1 Å². The number of imidazole rings is 1. The number of aliphatic hydroxyl groups is 1. The van der Waals surface area contributed by atoms with Crippen LogP contribution in [0.5, 0.6) is 17.5 Å². The van der Waals surface area contributed by atoms with Crippen molar-refractivity contribution in [2.24, 2.45) is 7.05 Å². The van der Waals surface area contributed by atoms with Crippen LogP contribution < -0.4 is 20.7 Å². The van der Waals surface area contributed by atoms with Gasteiger partial charge in [0.05, 0.1) is 38.5 Å². The summed E-state index contributed by atoms with van der Waals surface area (Å²) in [5.41, 5.74) is -2.92. The average molecular weight is 588 g/mol. The van der Waals surface area contributed by atoms with E-state index in [9.17, 15) is 35.9 Å². The largest absolute Gasteiger partial charge is 0.573 e. The first kappa shape index (κ1) is 29.7. The molecule has 1 N–H and O–H groups in total. The van der Waals surface area contributed by atoms with Crippen LogP contribution in [0.4, 0.5) is 26.3 Å². The fraction of sp³-hybridized carbons (Fsp3) is 0.320. The number of fused-ring (bicyclic) bond motifs is 1. The Morgan fingerprint density at radius 3 is 2.32 bits per heavy atom.